The molecule has 146 valence electrons. The normalized spacial score (nSPS) is 19.0. The molecule has 2 aromatic carbocycles. The number of nitrogens with zero attached hydrogens (tertiary/aromatic N) is 2. The summed E-state index contributed by atoms with van der Waals surface area (Å²) in [5.41, 5.74) is 0.324. The maximum absolute atomic E-state index is 13.1. The van der Waals surface area contributed by atoms with E-state index in [4.69, 9.17) is 0 Å². The van der Waals surface area contributed by atoms with E-state index in [0.29, 0.717) is 13.0 Å². The van der Waals surface area contributed by atoms with Gasteiger partial charge in [-0.1, -0.05) is 55.0 Å². The highest BCUT2D eigenvalue weighted by Crippen LogP contribution is 2.32. The number of ketones is 1. The number of piperidine rings is 1. The van der Waals surface area contributed by atoms with Crippen LogP contribution in [0.2, 0.25) is 0 Å². The number of hydrogen-bond acceptors (Lipinski definition) is 3. The summed E-state index contributed by atoms with van der Waals surface area (Å²) in [6.07, 6.45) is -2.08. The van der Waals surface area contributed by atoms with Crippen molar-refractivity contribution in [3.8, 4) is 6.07 Å². The third kappa shape index (κ3) is 4.60. The largest absolute Gasteiger partial charge is 0.416 e. The molecule has 0 saturated carbocycles. The summed E-state index contributed by atoms with van der Waals surface area (Å²) in [6.45, 7) is 1.31. The quantitative estimate of drug-likeness (QED) is 0.731. The van der Waals surface area contributed by atoms with Gasteiger partial charge in [0.1, 0.15) is 5.92 Å². The van der Waals surface area contributed by atoms with Crippen LogP contribution in [0.1, 0.15) is 41.9 Å². The minimum atomic E-state index is -4.51. The lowest BCUT2D eigenvalue weighted by Crippen LogP contribution is -2.45. The van der Waals surface area contributed by atoms with Crippen molar-refractivity contribution in [2.24, 2.45) is 0 Å². The van der Waals surface area contributed by atoms with Gasteiger partial charge in [-0.3, -0.25) is 9.69 Å². The molecule has 0 bridgehead atoms. The number of alkyl halides is 3. The standard InChI is InChI=1S/C22H21F3N2O/c23-22(24,25)18-10-6-9-17(13-18)19(14-26)21(28)20-11-4-5-12-27(20)15-16-7-2-1-3-8-16/h1-3,6-10,13,19-20H,4-5,11-12,15H2. The summed E-state index contributed by atoms with van der Waals surface area (Å²) >= 11 is 0. The lowest BCUT2D eigenvalue weighted by molar-refractivity contribution is -0.137. The average molecular weight is 386 g/mol. The molecule has 1 aliphatic heterocycles. The Morgan fingerprint density at radius 3 is 2.57 bits per heavy atom. The highest BCUT2D eigenvalue weighted by Gasteiger charge is 2.36. The number of halogens is 3. The van der Waals surface area contributed by atoms with Crippen LogP contribution in [-0.2, 0) is 17.5 Å². The highest BCUT2D eigenvalue weighted by molar-refractivity contribution is 5.93. The van der Waals surface area contributed by atoms with Crippen molar-refractivity contribution in [3.05, 3.63) is 71.3 Å². The number of hydrogen-bond donors (Lipinski definition) is 0. The first-order valence-corrected chi connectivity index (χ1v) is 9.28. The monoisotopic (exact) mass is 386 g/mol. The van der Waals surface area contributed by atoms with Gasteiger partial charge in [-0.05, 0) is 36.6 Å². The van der Waals surface area contributed by atoms with Crippen LogP contribution < -0.4 is 0 Å². The zero-order valence-corrected chi connectivity index (χ0v) is 15.3. The Hall–Kier alpha value is -2.65. The number of benzene rings is 2. The van der Waals surface area contributed by atoms with E-state index in [0.717, 1.165) is 37.1 Å². The van der Waals surface area contributed by atoms with Crippen LogP contribution in [0, 0.1) is 11.3 Å². The Bertz CT molecular complexity index is 858. The number of Topliss-reactive ketones (excluding diaryl/α,β-unsaturated/α-hetero) is 1. The van der Waals surface area contributed by atoms with Gasteiger partial charge in [-0.2, -0.15) is 18.4 Å². The number of carbonyl (C=O) groups excluding carboxylic acids is 1. The molecule has 0 radical (unpaired) electrons. The van der Waals surface area contributed by atoms with E-state index < -0.39 is 23.7 Å². The van der Waals surface area contributed by atoms with Crippen molar-refractivity contribution < 1.29 is 18.0 Å². The van der Waals surface area contributed by atoms with Gasteiger partial charge in [0, 0.05) is 6.54 Å². The van der Waals surface area contributed by atoms with Gasteiger partial charge >= 0.3 is 6.18 Å². The molecule has 2 aromatic rings. The zero-order chi connectivity index (χ0) is 20.1. The van der Waals surface area contributed by atoms with Crippen LogP contribution in [0.4, 0.5) is 13.2 Å². The summed E-state index contributed by atoms with van der Waals surface area (Å²) in [5, 5.41) is 9.58. The first-order chi connectivity index (χ1) is 13.4. The van der Waals surface area contributed by atoms with Gasteiger partial charge in [0.05, 0.1) is 17.7 Å². The van der Waals surface area contributed by atoms with Gasteiger partial charge < -0.3 is 0 Å². The number of likely N-dealkylation sites (tertiary alicyclic amines) is 1. The predicted molar refractivity (Wildman–Crippen MR) is 99.3 cm³/mol. The Kier molecular flexibility index (Phi) is 6.15. The SMILES string of the molecule is N#CC(C(=O)C1CCCCN1Cc1ccccc1)c1cccc(C(F)(F)F)c1. The molecule has 2 unspecified atom stereocenters. The van der Waals surface area contributed by atoms with Crippen molar-refractivity contribution in [2.75, 3.05) is 6.54 Å². The number of rotatable bonds is 5. The Labute approximate surface area is 162 Å². The van der Waals surface area contributed by atoms with Gasteiger partial charge in [0.15, 0.2) is 5.78 Å². The summed E-state index contributed by atoms with van der Waals surface area (Å²) in [5.74, 6) is -1.53. The summed E-state index contributed by atoms with van der Waals surface area (Å²) in [7, 11) is 0. The second-order valence-electron chi connectivity index (χ2n) is 7.06. The molecular weight excluding hydrogens is 365 g/mol. The summed E-state index contributed by atoms with van der Waals surface area (Å²) < 4.78 is 39.1. The molecule has 1 heterocycles. The number of carbonyl (C=O) groups is 1. The van der Waals surface area contributed by atoms with Crippen LogP contribution in [0.5, 0.6) is 0 Å². The average Bonchev–Trinajstić information content (AvgIpc) is 2.69. The molecule has 0 aliphatic carbocycles. The first kappa shape index (κ1) is 20.1. The third-order valence-electron chi connectivity index (χ3n) is 5.13. The first-order valence-electron chi connectivity index (χ1n) is 9.28. The van der Waals surface area contributed by atoms with Crippen molar-refractivity contribution in [2.45, 2.75) is 43.9 Å². The molecule has 2 atom stereocenters. The van der Waals surface area contributed by atoms with E-state index >= 15 is 0 Å². The van der Waals surface area contributed by atoms with Crippen LogP contribution in [0.3, 0.4) is 0 Å². The fraction of sp³-hybridized carbons (Fsp3) is 0.364. The molecule has 1 saturated heterocycles. The molecule has 0 spiro atoms. The van der Waals surface area contributed by atoms with E-state index in [2.05, 4.69) is 0 Å². The Morgan fingerprint density at radius 1 is 1.14 bits per heavy atom. The van der Waals surface area contributed by atoms with E-state index in [1.165, 1.54) is 12.1 Å². The molecule has 0 N–H and O–H groups in total. The van der Waals surface area contributed by atoms with Gasteiger partial charge in [0.25, 0.3) is 0 Å². The second-order valence-corrected chi connectivity index (χ2v) is 7.06. The van der Waals surface area contributed by atoms with E-state index in [1.54, 1.807) is 0 Å². The van der Waals surface area contributed by atoms with E-state index in [1.807, 2.05) is 41.3 Å². The maximum atomic E-state index is 13.1. The zero-order valence-electron chi connectivity index (χ0n) is 15.3. The topological polar surface area (TPSA) is 44.1 Å². The Balaban J connectivity index is 1.84. The predicted octanol–water partition coefficient (Wildman–Crippen LogP) is 4.94. The van der Waals surface area contributed by atoms with Crippen molar-refractivity contribution >= 4 is 5.78 Å². The van der Waals surface area contributed by atoms with Gasteiger partial charge in [-0.15, -0.1) is 0 Å². The van der Waals surface area contributed by atoms with Crippen molar-refractivity contribution in [1.29, 1.82) is 5.26 Å². The van der Waals surface area contributed by atoms with Crippen LogP contribution >= 0.6 is 0 Å². The fourth-order valence-corrected chi connectivity index (χ4v) is 3.71. The molecule has 1 aliphatic rings. The van der Waals surface area contributed by atoms with Gasteiger partial charge in [0.2, 0.25) is 0 Å². The van der Waals surface area contributed by atoms with E-state index in [9.17, 15) is 23.2 Å². The molecule has 3 rings (SSSR count). The summed E-state index contributed by atoms with van der Waals surface area (Å²) in [4.78, 5) is 15.2. The molecule has 28 heavy (non-hydrogen) atoms. The minimum absolute atomic E-state index is 0.104. The van der Waals surface area contributed by atoms with Crippen LogP contribution in [0.15, 0.2) is 54.6 Å². The van der Waals surface area contributed by atoms with Crippen LogP contribution in [-0.4, -0.2) is 23.3 Å². The van der Waals surface area contributed by atoms with Crippen molar-refractivity contribution in [3.63, 3.8) is 0 Å². The lowest BCUT2D eigenvalue weighted by Gasteiger charge is -2.35. The van der Waals surface area contributed by atoms with Crippen molar-refractivity contribution in [1.82, 2.24) is 4.90 Å². The molecule has 3 nitrogen and oxygen atoms in total. The third-order valence-corrected chi connectivity index (χ3v) is 5.13. The molecule has 1 fully saturated rings. The molecule has 0 amide bonds. The second kappa shape index (κ2) is 8.57. The summed E-state index contributed by atoms with van der Waals surface area (Å²) in [6, 6.07) is 15.7. The fourth-order valence-electron chi connectivity index (χ4n) is 3.71. The van der Waals surface area contributed by atoms with E-state index in [-0.39, 0.29) is 11.3 Å². The minimum Gasteiger partial charge on any atom is -0.296 e. The van der Waals surface area contributed by atoms with Crippen LogP contribution in [0.25, 0.3) is 0 Å². The molecular formula is C22H21F3N2O. The smallest absolute Gasteiger partial charge is 0.296 e. The lowest BCUT2D eigenvalue weighted by atomic mass is 9.86. The highest BCUT2D eigenvalue weighted by atomic mass is 19.4. The number of nitriles is 1. The molecule has 0 aromatic heterocycles. The Morgan fingerprint density at radius 2 is 1.89 bits per heavy atom. The molecule has 6 heteroatoms. The van der Waals surface area contributed by atoms with Gasteiger partial charge in [-0.25, -0.2) is 0 Å². The maximum Gasteiger partial charge on any atom is 0.416 e.